The maximum Gasteiger partial charge on any atom is 0.406 e. The van der Waals surface area contributed by atoms with Crippen LogP contribution in [0.15, 0.2) is 47.4 Å². The van der Waals surface area contributed by atoms with Gasteiger partial charge in [-0.1, -0.05) is 12.0 Å². The summed E-state index contributed by atoms with van der Waals surface area (Å²) in [5, 5.41) is 6.59. The number of rotatable bonds is 9. The number of carbonyl (C=O) groups excluding carboxylic acids is 1. The summed E-state index contributed by atoms with van der Waals surface area (Å²) in [6.45, 7) is -0.830. The zero-order valence-corrected chi connectivity index (χ0v) is 23.8. The number of primary amides is 1. The lowest BCUT2D eigenvalue weighted by Gasteiger charge is -2.35. The Kier molecular flexibility index (Phi) is 9.22. The Balaban J connectivity index is 1.57. The molecule has 0 unspecified atom stereocenters. The van der Waals surface area contributed by atoms with Crippen molar-refractivity contribution in [2.75, 3.05) is 50.2 Å². The van der Waals surface area contributed by atoms with Crippen LogP contribution in [0.4, 0.5) is 28.9 Å². The number of anilines is 2. The number of amides is 1. The molecule has 1 aliphatic rings. The number of likely N-dealkylation sites (tertiary alicyclic amines) is 1. The highest BCUT2D eigenvalue weighted by molar-refractivity contribution is 7.90. The second-order valence-corrected chi connectivity index (χ2v) is 12.0. The van der Waals surface area contributed by atoms with E-state index in [-0.39, 0.29) is 41.5 Å². The molecule has 226 valence electrons. The second kappa shape index (κ2) is 12.5. The Morgan fingerprint density at radius 2 is 1.95 bits per heavy atom. The third kappa shape index (κ3) is 7.65. The first kappa shape index (κ1) is 31.0. The summed E-state index contributed by atoms with van der Waals surface area (Å²) in [6.07, 6.45) is -4.39. The molecule has 42 heavy (non-hydrogen) atoms. The molecule has 1 fully saturated rings. The van der Waals surface area contributed by atoms with Crippen molar-refractivity contribution in [1.29, 1.82) is 0 Å². The number of sulfone groups is 1. The zero-order valence-electron chi connectivity index (χ0n) is 23.0. The van der Waals surface area contributed by atoms with Gasteiger partial charge in [-0.15, -0.1) is 0 Å². The highest BCUT2D eigenvalue weighted by Gasteiger charge is 2.32. The minimum absolute atomic E-state index is 0.0111. The molecule has 2 atom stereocenters. The van der Waals surface area contributed by atoms with Crippen LogP contribution in [0.3, 0.4) is 0 Å². The van der Waals surface area contributed by atoms with E-state index >= 15 is 0 Å². The van der Waals surface area contributed by atoms with Crippen LogP contribution in [0.5, 0.6) is 5.75 Å². The Bertz CT molecular complexity index is 1630. The Morgan fingerprint density at radius 3 is 2.60 bits per heavy atom. The first-order chi connectivity index (χ1) is 19.7. The molecule has 2 heterocycles. The third-order valence-electron chi connectivity index (χ3n) is 6.81. The number of aromatic nitrogens is 1. The number of nitrogens with zero attached hydrogens (tertiary/aromatic N) is 2. The number of fused-ring (bicyclic) bond motifs is 1. The van der Waals surface area contributed by atoms with Gasteiger partial charge in [0.15, 0.2) is 9.84 Å². The molecule has 0 radical (unpaired) electrons. The molecule has 3 aromatic rings. The molecule has 4 N–H and O–H groups in total. The van der Waals surface area contributed by atoms with E-state index in [1.807, 2.05) is 0 Å². The normalized spacial score (nSPS) is 17.9. The smallest absolute Gasteiger partial charge is 0.406 e. The second-order valence-electron chi connectivity index (χ2n) is 10.0. The van der Waals surface area contributed by atoms with Crippen molar-refractivity contribution in [2.45, 2.75) is 36.3 Å². The molecule has 0 bridgehead atoms. The van der Waals surface area contributed by atoms with Crippen LogP contribution in [-0.4, -0.2) is 81.7 Å². The van der Waals surface area contributed by atoms with Crippen molar-refractivity contribution in [3.05, 3.63) is 48.2 Å². The fourth-order valence-electron chi connectivity index (χ4n) is 4.88. The van der Waals surface area contributed by atoms with Gasteiger partial charge in [-0.25, -0.2) is 12.8 Å². The van der Waals surface area contributed by atoms with Crippen molar-refractivity contribution in [2.24, 2.45) is 5.73 Å². The summed E-state index contributed by atoms with van der Waals surface area (Å²) in [5.74, 6) is 5.34. The predicted octanol–water partition coefficient (Wildman–Crippen LogP) is 3.39. The van der Waals surface area contributed by atoms with Gasteiger partial charge in [0.1, 0.15) is 18.5 Å². The Labute approximate surface area is 240 Å². The number of ether oxygens (including phenoxy) is 1. The molecule has 2 aromatic carbocycles. The molecular weight excluding hydrogens is 578 g/mol. The summed E-state index contributed by atoms with van der Waals surface area (Å²) < 4.78 is 85.5. The van der Waals surface area contributed by atoms with Gasteiger partial charge in [-0.2, -0.15) is 13.2 Å². The number of piperidine rings is 1. The number of hydrogen-bond donors (Lipinski definition) is 3. The van der Waals surface area contributed by atoms with Crippen molar-refractivity contribution >= 4 is 38.0 Å². The summed E-state index contributed by atoms with van der Waals surface area (Å²) in [4.78, 5) is 12.9. The van der Waals surface area contributed by atoms with E-state index in [4.69, 9.17) is 10.5 Å². The Hall–Kier alpha value is -3.96. The van der Waals surface area contributed by atoms with E-state index in [1.54, 1.807) is 23.1 Å². The molecule has 0 saturated carbocycles. The fraction of sp³-hybridized carbons (Fsp3) is 0.393. The van der Waals surface area contributed by atoms with Crippen molar-refractivity contribution in [3.8, 4) is 17.6 Å². The number of carbonyl (C=O) groups is 1. The van der Waals surface area contributed by atoms with E-state index < -0.39 is 40.7 Å². The van der Waals surface area contributed by atoms with Gasteiger partial charge in [-0.05, 0) is 42.7 Å². The van der Waals surface area contributed by atoms with Crippen LogP contribution < -0.4 is 21.1 Å². The van der Waals surface area contributed by atoms with E-state index in [9.17, 15) is 30.8 Å². The summed E-state index contributed by atoms with van der Waals surface area (Å²) in [6, 6.07) is 10.0. The highest BCUT2D eigenvalue weighted by Crippen LogP contribution is 2.32. The first-order valence-electron chi connectivity index (χ1n) is 13.0. The summed E-state index contributed by atoms with van der Waals surface area (Å²) in [7, 11) is -2.06. The average molecular weight is 610 g/mol. The largest absolute Gasteiger partial charge is 0.495 e. The van der Waals surface area contributed by atoms with E-state index in [0.29, 0.717) is 29.7 Å². The van der Waals surface area contributed by atoms with Gasteiger partial charge in [-0.3, -0.25) is 9.69 Å². The van der Waals surface area contributed by atoms with Crippen LogP contribution in [0, 0.1) is 11.8 Å². The molecule has 1 aromatic heterocycles. The average Bonchev–Trinajstić information content (AvgIpc) is 3.23. The van der Waals surface area contributed by atoms with Crippen molar-refractivity contribution in [1.82, 2.24) is 9.47 Å². The molecule has 0 spiro atoms. The number of methoxy groups -OCH3 is 1. The monoisotopic (exact) mass is 609 g/mol. The number of hydrogen-bond acceptors (Lipinski definition) is 7. The molecule has 1 amide bonds. The van der Waals surface area contributed by atoms with E-state index in [1.165, 1.54) is 31.4 Å². The summed E-state index contributed by atoms with van der Waals surface area (Å²) in [5.41, 5.74) is 6.55. The third-order valence-corrected chi connectivity index (χ3v) is 7.92. The molecule has 9 nitrogen and oxygen atoms in total. The fourth-order valence-corrected chi connectivity index (χ4v) is 5.52. The van der Waals surface area contributed by atoms with Crippen LogP contribution in [0.1, 0.15) is 12.1 Å². The number of alkyl halides is 4. The van der Waals surface area contributed by atoms with Gasteiger partial charge >= 0.3 is 6.18 Å². The number of nitrogens with two attached hydrogens (primary N) is 1. The number of nitrogens with one attached hydrogen (secondary N) is 2. The maximum absolute atomic E-state index is 14.9. The van der Waals surface area contributed by atoms with E-state index in [2.05, 4.69) is 22.5 Å². The quantitative estimate of drug-likeness (QED) is 0.252. The number of benzene rings is 2. The van der Waals surface area contributed by atoms with Crippen LogP contribution in [-0.2, 0) is 21.2 Å². The minimum atomic E-state index is -4.52. The molecule has 4 rings (SSSR count). The predicted molar refractivity (Wildman–Crippen MR) is 152 cm³/mol. The zero-order chi connectivity index (χ0) is 30.7. The molecule has 1 saturated heterocycles. The van der Waals surface area contributed by atoms with Crippen molar-refractivity contribution in [3.63, 3.8) is 0 Å². The Morgan fingerprint density at radius 1 is 1.19 bits per heavy atom. The molecule has 1 aliphatic heterocycles. The van der Waals surface area contributed by atoms with E-state index in [0.717, 1.165) is 10.8 Å². The lowest BCUT2D eigenvalue weighted by molar-refractivity contribution is -0.140. The molecule has 14 heteroatoms. The highest BCUT2D eigenvalue weighted by atomic mass is 32.2. The van der Waals surface area contributed by atoms with Crippen LogP contribution >= 0.6 is 0 Å². The lowest BCUT2D eigenvalue weighted by Crippen LogP contribution is -2.49. The van der Waals surface area contributed by atoms with Crippen LogP contribution in [0.2, 0.25) is 0 Å². The van der Waals surface area contributed by atoms with Gasteiger partial charge in [0.05, 0.1) is 48.0 Å². The molecule has 0 aliphatic carbocycles. The maximum atomic E-state index is 14.9. The van der Waals surface area contributed by atoms with Gasteiger partial charge in [0, 0.05) is 36.5 Å². The van der Waals surface area contributed by atoms with Gasteiger partial charge in [0.2, 0.25) is 5.91 Å². The van der Waals surface area contributed by atoms with Crippen LogP contribution in [0.25, 0.3) is 10.9 Å². The SMILES string of the molecule is COc1cc(S(C)(=O)=O)ccc1NCC#Cc1cc2c(N[C@H]3CCN(CC(N)=O)C[C@H]3F)cccc2n1CC(F)(F)F. The van der Waals surface area contributed by atoms with Crippen molar-refractivity contribution < 1.29 is 35.5 Å². The lowest BCUT2D eigenvalue weighted by atomic mass is 10.0. The first-order valence-corrected chi connectivity index (χ1v) is 14.9. The van der Waals surface area contributed by atoms with Gasteiger partial charge < -0.3 is 25.7 Å². The topological polar surface area (TPSA) is 119 Å². The van der Waals surface area contributed by atoms with Gasteiger partial charge in [0.25, 0.3) is 0 Å². The summed E-state index contributed by atoms with van der Waals surface area (Å²) >= 11 is 0. The number of halogens is 4. The molecular formula is C28H31F4N5O4S. The standard InChI is InChI=1S/C28H31F4N5O4S/c1-41-26-14-19(42(2,39)40)8-9-24(26)34-11-4-5-18-13-20-22(6-3-7-25(20)37(18)17-28(30,31)32)35-23-10-12-36(15-21(23)29)16-27(33)38/h3,6-9,13-14,21,23,34-35H,10-12,15-17H2,1-2H3,(H2,33,38)/t21-,23+/m1/s1. The minimum Gasteiger partial charge on any atom is -0.495 e.